The molecule has 0 aromatic heterocycles. The molecule has 1 nitrogen and oxygen atoms in total. The highest BCUT2D eigenvalue weighted by molar-refractivity contribution is 5.63. The van der Waals surface area contributed by atoms with E-state index in [4.69, 9.17) is 5.73 Å². The van der Waals surface area contributed by atoms with E-state index in [0.29, 0.717) is 0 Å². The van der Waals surface area contributed by atoms with Crippen LogP contribution in [0.2, 0.25) is 0 Å². The van der Waals surface area contributed by atoms with Crippen LogP contribution in [-0.2, 0) is 0 Å². The van der Waals surface area contributed by atoms with E-state index in [2.05, 4.69) is 37.8 Å². The number of aryl methyl sites for hydroxylation is 1. The molecule has 1 aromatic rings. The van der Waals surface area contributed by atoms with Gasteiger partial charge >= 0.3 is 0 Å². The molecule has 0 radical (unpaired) electrons. The first kappa shape index (κ1) is 11.0. The molecule has 0 amide bonds. The van der Waals surface area contributed by atoms with Gasteiger partial charge < -0.3 is 5.73 Å². The van der Waals surface area contributed by atoms with Gasteiger partial charge in [-0.3, -0.25) is 0 Å². The maximum absolute atomic E-state index is 5.71. The summed E-state index contributed by atoms with van der Waals surface area (Å²) in [6.07, 6.45) is 1.99. The summed E-state index contributed by atoms with van der Waals surface area (Å²) in [5.41, 5.74) is 9.42. The molecule has 0 heterocycles. The van der Waals surface area contributed by atoms with E-state index in [1.807, 2.05) is 6.92 Å². The van der Waals surface area contributed by atoms with Crippen LogP contribution in [0.25, 0.3) is 5.57 Å². The second-order valence-corrected chi connectivity index (χ2v) is 3.99. The van der Waals surface area contributed by atoms with Crippen molar-refractivity contribution in [3.8, 4) is 0 Å². The van der Waals surface area contributed by atoms with Gasteiger partial charge in [-0.1, -0.05) is 36.4 Å². The number of rotatable bonds is 4. The quantitative estimate of drug-likeness (QED) is 0.773. The van der Waals surface area contributed by atoms with Crippen molar-refractivity contribution in [2.24, 2.45) is 5.73 Å². The monoisotopic (exact) mass is 189 g/mol. The van der Waals surface area contributed by atoms with Crippen LogP contribution >= 0.6 is 0 Å². The summed E-state index contributed by atoms with van der Waals surface area (Å²) in [5, 5.41) is 0. The fourth-order valence-corrected chi connectivity index (χ4v) is 1.41. The van der Waals surface area contributed by atoms with Crippen LogP contribution in [0.1, 0.15) is 30.9 Å². The summed E-state index contributed by atoms with van der Waals surface area (Å²) >= 11 is 0. The Hall–Kier alpha value is -1.08. The van der Waals surface area contributed by atoms with Crippen LogP contribution in [0.15, 0.2) is 30.8 Å². The van der Waals surface area contributed by atoms with Crippen molar-refractivity contribution in [2.75, 3.05) is 0 Å². The number of benzene rings is 1. The van der Waals surface area contributed by atoms with Crippen molar-refractivity contribution in [2.45, 2.75) is 32.7 Å². The molecular weight excluding hydrogens is 170 g/mol. The highest BCUT2D eigenvalue weighted by Gasteiger charge is 2.00. The fraction of sp³-hybridized carbons (Fsp3) is 0.385. The van der Waals surface area contributed by atoms with Crippen molar-refractivity contribution in [3.05, 3.63) is 42.0 Å². The lowest BCUT2D eigenvalue weighted by atomic mass is 9.99. The maximum atomic E-state index is 5.71. The predicted molar refractivity (Wildman–Crippen MR) is 63.1 cm³/mol. The minimum Gasteiger partial charge on any atom is -0.328 e. The number of nitrogens with two attached hydrogens (primary N) is 1. The minimum absolute atomic E-state index is 0.261. The average molecular weight is 189 g/mol. The Bertz CT molecular complexity index is 313. The highest BCUT2D eigenvalue weighted by Crippen LogP contribution is 2.19. The summed E-state index contributed by atoms with van der Waals surface area (Å²) in [4.78, 5) is 0. The van der Waals surface area contributed by atoms with Crippen LogP contribution in [0.5, 0.6) is 0 Å². The molecule has 14 heavy (non-hydrogen) atoms. The Balaban J connectivity index is 2.61. The van der Waals surface area contributed by atoms with E-state index in [1.54, 1.807) is 0 Å². The topological polar surface area (TPSA) is 26.0 Å². The third-order valence-corrected chi connectivity index (χ3v) is 2.33. The van der Waals surface area contributed by atoms with Crippen LogP contribution in [0.4, 0.5) is 0 Å². The molecule has 0 saturated carbocycles. The van der Waals surface area contributed by atoms with Crippen molar-refractivity contribution in [3.63, 3.8) is 0 Å². The zero-order valence-electron chi connectivity index (χ0n) is 9.09. The van der Waals surface area contributed by atoms with Crippen molar-refractivity contribution in [1.29, 1.82) is 0 Å². The maximum Gasteiger partial charge on any atom is 0.00136 e. The van der Waals surface area contributed by atoms with Gasteiger partial charge in [0.15, 0.2) is 0 Å². The Morgan fingerprint density at radius 1 is 1.50 bits per heavy atom. The lowest BCUT2D eigenvalue weighted by molar-refractivity contribution is 0.682. The lowest BCUT2D eigenvalue weighted by Crippen LogP contribution is -2.14. The molecule has 1 unspecified atom stereocenters. The molecule has 0 saturated heterocycles. The first-order chi connectivity index (χ1) is 6.59. The molecule has 2 N–H and O–H groups in total. The Morgan fingerprint density at radius 3 is 2.79 bits per heavy atom. The SMILES string of the molecule is C=C(CCC(C)N)c1cccc(C)c1. The summed E-state index contributed by atoms with van der Waals surface area (Å²) in [6.45, 7) is 8.21. The van der Waals surface area contributed by atoms with Gasteiger partial charge in [0.1, 0.15) is 0 Å². The number of allylic oxidation sites excluding steroid dienone is 1. The van der Waals surface area contributed by atoms with Gasteiger partial charge in [0.2, 0.25) is 0 Å². The van der Waals surface area contributed by atoms with E-state index in [-0.39, 0.29) is 6.04 Å². The predicted octanol–water partition coefficient (Wildman–Crippen LogP) is 3.14. The van der Waals surface area contributed by atoms with Crippen molar-refractivity contribution < 1.29 is 0 Å². The standard InChI is InChI=1S/C13H19N/c1-10-5-4-6-13(9-10)11(2)7-8-12(3)14/h4-6,9,12H,2,7-8,14H2,1,3H3. The first-order valence-corrected chi connectivity index (χ1v) is 5.10. The van der Waals surface area contributed by atoms with Gasteiger partial charge in [-0.2, -0.15) is 0 Å². The van der Waals surface area contributed by atoms with Gasteiger partial charge in [0.25, 0.3) is 0 Å². The number of hydrogen-bond donors (Lipinski definition) is 1. The molecule has 0 bridgehead atoms. The normalized spacial score (nSPS) is 12.5. The van der Waals surface area contributed by atoms with Crippen molar-refractivity contribution >= 4 is 5.57 Å². The van der Waals surface area contributed by atoms with Gasteiger partial charge in [0.05, 0.1) is 0 Å². The molecule has 0 spiro atoms. The van der Waals surface area contributed by atoms with Gasteiger partial charge in [-0.25, -0.2) is 0 Å². The molecule has 0 fully saturated rings. The molecule has 0 aliphatic heterocycles. The average Bonchev–Trinajstić information content (AvgIpc) is 2.14. The zero-order chi connectivity index (χ0) is 10.6. The summed E-state index contributed by atoms with van der Waals surface area (Å²) in [6, 6.07) is 8.71. The third kappa shape index (κ3) is 3.35. The van der Waals surface area contributed by atoms with E-state index < -0.39 is 0 Å². The highest BCUT2D eigenvalue weighted by atomic mass is 14.6. The molecular formula is C13H19N. The number of hydrogen-bond acceptors (Lipinski definition) is 1. The smallest absolute Gasteiger partial charge is 0.00136 e. The van der Waals surface area contributed by atoms with E-state index in [1.165, 1.54) is 16.7 Å². The van der Waals surface area contributed by atoms with Crippen molar-refractivity contribution in [1.82, 2.24) is 0 Å². The molecule has 1 aromatic carbocycles. The van der Waals surface area contributed by atoms with Crippen LogP contribution in [0, 0.1) is 6.92 Å². The van der Waals surface area contributed by atoms with E-state index in [9.17, 15) is 0 Å². The Kier molecular flexibility index (Phi) is 3.90. The summed E-state index contributed by atoms with van der Waals surface area (Å²) < 4.78 is 0. The van der Waals surface area contributed by atoms with E-state index in [0.717, 1.165) is 12.8 Å². The molecule has 76 valence electrons. The van der Waals surface area contributed by atoms with Crippen LogP contribution in [-0.4, -0.2) is 6.04 Å². The molecule has 1 atom stereocenters. The third-order valence-electron chi connectivity index (χ3n) is 2.33. The lowest BCUT2D eigenvalue weighted by Gasteiger charge is -2.08. The second kappa shape index (κ2) is 4.97. The molecule has 0 aliphatic rings. The Labute approximate surface area is 86.6 Å². The fourth-order valence-electron chi connectivity index (χ4n) is 1.41. The van der Waals surface area contributed by atoms with Crippen LogP contribution < -0.4 is 5.73 Å². The zero-order valence-corrected chi connectivity index (χ0v) is 9.09. The molecule has 1 rings (SSSR count). The summed E-state index contributed by atoms with van der Waals surface area (Å²) in [7, 11) is 0. The molecule has 0 aliphatic carbocycles. The van der Waals surface area contributed by atoms with E-state index >= 15 is 0 Å². The van der Waals surface area contributed by atoms with Gasteiger partial charge in [0, 0.05) is 6.04 Å². The van der Waals surface area contributed by atoms with Gasteiger partial charge in [-0.05, 0) is 37.8 Å². The Morgan fingerprint density at radius 2 is 2.21 bits per heavy atom. The molecule has 1 heteroatoms. The van der Waals surface area contributed by atoms with Gasteiger partial charge in [-0.15, -0.1) is 0 Å². The van der Waals surface area contributed by atoms with Crippen LogP contribution in [0.3, 0.4) is 0 Å². The summed E-state index contributed by atoms with van der Waals surface area (Å²) in [5.74, 6) is 0. The minimum atomic E-state index is 0.261. The first-order valence-electron chi connectivity index (χ1n) is 5.10. The second-order valence-electron chi connectivity index (χ2n) is 3.99. The largest absolute Gasteiger partial charge is 0.328 e.